The van der Waals surface area contributed by atoms with Gasteiger partial charge in [0, 0.05) is 37.9 Å². The van der Waals surface area contributed by atoms with Gasteiger partial charge in [0.25, 0.3) is 0 Å². The number of nitrogens with zero attached hydrogens (tertiary/aromatic N) is 4. The zero-order valence-corrected chi connectivity index (χ0v) is 11.2. The van der Waals surface area contributed by atoms with Crippen LogP contribution in [0.5, 0.6) is 0 Å². The lowest BCUT2D eigenvalue weighted by Crippen LogP contribution is -2.03. The molecule has 2 aromatic rings. The molecule has 6 heteroatoms. The molecule has 0 aliphatic heterocycles. The van der Waals surface area contributed by atoms with Crippen LogP contribution in [0.25, 0.3) is 11.3 Å². The molecule has 0 N–H and O–H groups in total. The predicted molar refractivity (Wildman–Crippen MR) is 69.4 cm³/mol. The maximum Gasteiger partial charge on any atom is 0.133 e. The van der Waals surface area contributed by atoms with E-state index in [1.807, 2.05) is 20.2 Å². The highest BCUT2D eigenvalue weighted by molar-refractivity contribution is 6.29. The SMILES string of the molecule is CCOCCc1nc(Cl)cc(-c2cnn(C)c2)n1. The van der Waals surface area contributed by atoms with Gasteiger partial charge in [-0.05, 0) is 6.92 Å². The zero-order valence-electron chi connectivity index (χ0n) is 10.4. The molecule has 0 aliphatic rings. The molecule has 0 fully saturated rings. The number of hydrogen-bond acceptors (Lipinski definition) is 4. The molecule has 0 unspecified atom stereocenters. The fraction of sp³-hybridized carbons (Fsp3) is 0.417. The molecule has 0 radical (unpaired) electrons. The van der Waals surface area contributed by atoms with E-state index in [1.165, 1.54) is 0 Å². The van der Waals surface area contributed by atoms with Crippen molar-refractivity contribution in [3.63, 3.8) is 0 Å². The van der Waals surface area contributed by atoms with Gasteiger partial charge in [0.05, 0.1) is 18.5 Å². The molecule has 0 atom stereocenters. The maximum atomic E-state index is 6.00. The summed E-state index contributed by atoms with van der Waals surface area (Å²) in [5, 5.41) is 4.56. The summed E-state index contributed by atoms with van der Waals surface area (Å²) < 4.78 is 7.01. The summed E-state index contributed by atoms with van der Waals surface area (Å²) in [4.78, 5) is 8.65. The lowest BCUT2D eigenvalue weighted by atomic mass is 10.2. The maximum absolute atomic E-state index is 6.00. The van der Waals surface area contributed by atoms with E-state index >= 15 is 0 Å². The Balaban J connectivity index is 2.21. The summed E-state index contributed by atoms with van der Waals surface area (Å²) in [6, 6.07) is 1.74. The van der Waals surface area contributed by atoms with E-state index in [2.05, 4.69) is 15.1 Å². The van der Waals surface area contributed by atoms with Gasteiger partial charge in [-0.15, -0.1) is 0 Å². The van der Waals surface area contributed by atoms with Crippen LogP contribution in [0.3, 0.4) is 0 Å². The largest absolute Gasteiger partial charge is 0.381 e. The Morgan fingerprint density at radius 2 is 2.22 bits per heavy atom. The van der Waals surface area contributed by atoms with Crippen molar-refractivity contribution in [2.75, 3.05) is 13.2 Å². The lowest BCUT2D eigenvalue weighted by Gasteiger charge is -2.04. The van der Waals surface area contributed by atoms with Crippen LogP contribution >= 0.6 is 11.6 Å². The Morgan fingerprint density at radius 1 is 1.39 bits per heavy atom. The molecule has 0 saturated heterocycles. The Morgan fingerprint density at radius 3 is 2.89 bits per heavy atom. The first-order valence-electron chi connectivity index (χ1n) is 5.79. The van der Waals surface area contributed by atoms with Crippen LogP contribution in [0.15, 0.2) is 18.5 Å². The van der Waals surface area contributed by atoms with E-state index in [9.17, 15) is 0 Å². The standard InChI is InChI=1S/C12H15ClN4O/c1-3-18-5-4-12-15-10(6-11(13)16-12)9-7-14-17(2)8-9/h6-8H,3-5H2,1-2H3. The molecule has 2 heterocycles. The lowest BCUT2D eigenvalue weighted by molar-refractivity contribution is 0.149. The molecule has 0 bridgehead atoms. The minimum atomic E-state index is 0.440. The van der Waals surface area contributed by atoms with Crippen molar-refractivity contribution in [1.82, 2.24) is 19.7 Å². The first-order chi connectivity index (χ1) is 8.69. The highest BCUT2D eigenvalue weighted by Crippen LogP contribution is 2.19. The minimum Gasteiger partial charge on any atom is -0.381 e. The van der Waals surface area contributed by atoms with Crippen LogP contribution in [0.2, 0.25) is 5.15 Å². The Labute approximate surface area is 111 Å². The van der Waals surface area contributed by atoms with Gasteiger partial charge in [-0.1, -0.05) is 11.6 Å². The number of aryl methyl sites for hydroxylation is 1. The third-order valence-corrected chi connectivity index (χ3v) is 2.61. The van der Waals surface area contributed by atoms with Crippen LogP contribution in [-0.2, 0) is 18.2 Å². The van der Waals surface area contributed by atoms with Crippen LogP contribution < -0.4 is 0 Å². The molecule has 0 spiro atoms. The summed E-state index contributed by atoms with van der Waals surface area (Å²) in [5.74, 6) is 0.690. The quantitative estimate of drug-likeness (QED) is 0.614. The topological polar surface area (TPSA) is 52.8 Å². The molecular formula is C12H15ClN4O. The highest BCUT2D eigenvalue weighted by Gasteiger charge is 2.07. The van der Waals surface area contributed by atoms with Gasteiger partial charge in [-0.25, -0.2) is 9.97 Å². The van der Waals surface area contributed by atoms with E-state index in [0.717, 1.165) is 11.3 Å². The summed E-state index contributed by atoms with van der Waals surface area (Å²) in [7, 11) is 1.86. The van der Waals surface area contributed by atoms with Crippen molar-refractivity contribution in [3.05, 3.63) is 29.4 Å². The first kappa shape index (κ1) is 13.0. The second-order valence-corrected chi connectivity index (χ2v) is 4.23. The van der Waals surface area contributed by atoms with E-state index in [4.69, 9.17) is 16.3 Å². The van der Waals surface area contributed by atoms with E-state index in [-0.39, 0.29) is 0 Å². The Bertz CT molecular complexity index is 527. The van der Waals surface area contributed by atoms with Gasteiger partial charge in [0.1, 0.15) is 11.0 Å². The zero-order chi connectivity index (χ0) is 13.0. The molecule has 0 aromatic carbocycles. The average Bonchev–Trinajstić information content (AvgIpc) is 2.76. The van der Waals surface area contributed by atoms with Crippen molar-refractivity contribution in [1.29, 1.82) is 0 Å². The van der Waals surface area contributed by atoms with Crippen molar-refractivity contribution in [3.8, 4) is 11.3 Å². The number of rotatable bonds is 5. The second kappa shape index (κ2) is 5.93. The van der Waals surface area contributed by atoms with Crippen molar-refractivity contribution in [2.24, 2.45) is 7.05 Å². The second-order valence-electron chi connectivity index (χ2n) is 3.84. The normalized spacial score (nSPS) is 10.8. The number of hydrogen-bond donors (Lipinski definition) is 0. The van der Waals surface area contributed by atoms with Crippen LogP contribution in [0.4, 0.5) is 0 Å². The molecule has 0 saturated carbocycles. The molecule has 96 valence electrons. The minimum absolute atomic E-state index is 0.440. The smallest absolute Gasteiger partial charge is 0.133 e. The Kier molecular flexibility index (Phi) is 4.28. The van der Waals surface area contributed by atoms with Gasteiger partial charge in [-0.3, -0.25) is 4.68 Å². The molecule has 18 heavy (non-hydrogen) atoms. The number of halogens is 1. The molecule has 5 nitrogen and oxygen atoms in total. The molecule has 0 aliphatic carbocycles. The first-order valence-corrected chi connectivity index (χ1v) is 6.17. The van der Waals surface area contributed by atoms with Crippen LogP contribution in [-0.4, -0.2) is 33.0 Å². The highest BCUT2D eigenvalue weighted by atomic mass is 35.5. The summed E-state index contributed by atoms with van der Waals surface area (Å²) >= 11 is 6.00. The summed E-state index contributed by atoms with van der Waals surface area (Å²) in [5.41, 5.74) is 1.72. The predicted octanol–water partition coefficient (Wildman–Crippen LogP) is 2.11. The molecule has 0 amide bonds. The van der Waals surface area contributed by atoms with Crippen LogP contribution in [0.1, 0.15) is 12.7 Å². The van der Waals surface area contributed by atoms with Crippen molar-refractivity contribution < 1.29 is 4.74 Å². The Hall–Kier alpha value is -1.46. The number of ether oxygens (including phenoxy) is 1. The average molecular weight is 267 g/mol. The number of aromatic nitrogens is 4. The van der Waals surface area contributed by atoms with Gasteiger partial charge < -0.3 is 4.74 Å². The molecule has 2 rings (SSSR count). The molecular weight excluding hydrogens is 252 g/mol. The fourth-order valence-corrected chi connectivity index (χ4v) is 1.79. The van der Waals surface area contributed by atoms with Gasteiger partial charge in [-0.2, -0.15) is 5.10 Å². The van der Waals surface area contributed by atoms with E-state index < -0.39 is 0 Å². The third-order valence-electron chi connectivity index (χ3n) is 2.42. The van der Waals surface area contributed by atoms with Gasteiger partial charge >= 0.3 is 0 Å². The van der Waals surface area contributed by atoms with Crippen LogP contribution in [0, 0.1) is 0 Å². The third kappa shape index (κ3) is 3.27. The van der Waals surface area contributed by atoms with Gasteiger partial charge in [0.15, 0.2) is 0 Å². The summed E-state index contributed by atoms with van der Waals surface area (Å²) in [6.07, 6.45) is 4.30. The van der Waals surface area contributed by atoms with Crippen molar-refractivity contribution >= 4 is 11.6 Å². The fourth-order valence-electron chi connectivity index (χ4n) is 1.59. The summed E-state index contributed by atoms with van der Waals surface area (Å²) in [6.45, 7) is 3.25. The van der Waals surface area contributed by atoms with E-state index in [1.54, 1.807) is 16.9 Å². The van der Waals surface area contributed by atoms with Gasteiger partial charge in [0.2, 0.25) is 0 Å². The van der Waals surface area contributed by atoms with Crippen molar-refractivity contribution in [2.45, 2.75) is 13.3 Å². The van der Waals surface area contributed by atoms with E-state index in [0.29, 0.717) is 30.6 Å². The monoisotopic (exact) mass is 266 g/mol. The molecule has 2 aromatic heterocycles.